The van der Waals surface area contributed by atoms with Crippen molar-refractivity contribution >= 4 is 27.5 Å². The number of aromatic carboxylic acids is 1. The highest BCUT2D eigenvalue weighted by atomic mass is 32.1. The summed E-state index contributed by atoms with van der Waals surface area (Å²) in [5.74, 6) is -1.00. The lowest BCUT2D eigenvalue weighted by Gasteiger charge is -1.97. The summed E-state index contributed by atoms with van der Waals surface area (Å²) >= 11 is 1.44. The van der Waals surface area contributed by atoms with Crippen LogP contribution in [0.4, 0.5) is 0 Å². The minimum absolute atomic E-state index is 0.134. The zero-order valence-corrected chi connectivity index (χ0v) is 13.2. The molecule has 0 bridgehead atoms. The van der Waals surface area contributed by atoms with Gasteiger partial charge in [-0.3, -0.25) is 0 Å². The normalized spacial score (nSPS) is 10.3. The average Bonchev–Trinajstić information content (AvgIpc) is 3.05. The number of fused-ring (bicyclic) bond motifs is 1. The van der Waals surface area contributed by atoms with Crippen LogP contribution in [0.2, 0.25) is 0 Å². The zero-order chi connectivity index (χ0) is 15.6. The number of aromatic nitrogens is 3. The van der Waals surface area contributed by atoms with Crippen molar-refractivity contribution in [3.8, 4) is 5.13 Å². The second-order valence-corrected chi connectivity index (χ2v) is 5.32. The Morgan fingerprint density at radius 3 is 2.62 bits per heavy atom. The zero-order valence-electron chi connectivity index (χ0n) is 12.4. The monoisotopic (exact) mass is 303 g/mol. The number of rotatable bonds is 2. The van der Waals surface area contributed by atoms with Crippen molar-refractivity contribution in [2.45, 2.75) is 27.7 Å². The Morgan fingerprint density at radius 1 is 1.29 bits per heavy atom. The molecule has 3 aromatic rings. The molecular formula is C15H17N3O2S. The van der Waals surface area contributed by atoms with Gasteiger partial charge in [0.05, 0.1) is 15.9 Å². The summed E-state index contributed by atoms with van der Waals surface area (Å²) in [6, 6.07) is 7.46. The molecule has 1 aromatic carbocycles. The number of nitrogens with zero attached hydrogens (tertiary/aromatic N) is 3. The first-order valence-corrected chi connectivity index (χ1v) is 7.54. The number of carbonyl (C=O) groups is 1. The van der Waals surface area contributed by atoms with E-state index in [1.807, 2.05) is 39.0 Å². The van der Waals surface area contributed by atoms with E-state index in [4.69, 9.17) is 0 Å². The van der Waals surface area contributed by atoms with E-state index in [2.05, 4.69) is 10.1 Å². The van der Waals surface area contributed by atoms with Gasteiger partial charge in [-0.2, -0.15) is 9.78 Å². The molecule has 2 heterocycles. The molecule has 6 heteroatoms. The minimum Gasteiger partial charge on any atom is -0.477 e. The van der Waals surface area contributed by atoms with Crippen LogP contribution in [0.1, 0.15) is 35.6 Å². The van der Waals surface area contributed by atoms with Crippen molar-refractivity contribution in [2.24, 2.45) is 0 Å². The molecular weight excluding hydrogens is 286 g/mol. The third-order valence-corrected chi connectivity index (χ3v) is 3.84. The van der Waals surface area contributed by atoms with Gasteiger partial charge in [-0.15, -0.1) is 0 Å². The van der Waals surface area contributed by atoms with Crippen LogP contribution >= 0.6 is 11.3 Å². The molecule has 0 fully saturated rings. The molecule has 5 nitrogen and oxygen atoms in total. The van der Waals surface area contributed by atoms with Crippen LogP contribution in [0.25, 0.3) is 15.3 Å². The maximum absolute atomic E-state index is 11.2. The number of hydrogen-bond acceptors (Lipinski definition) is 4. The lowest BCUT2D eigenvalue weighted by Crippen LogP contribution is -2.07. The van der Waals surface area contributed by atoms with Gasteiger partial charge in [0, 0.05) is 0 Å². The van der Waals surface area contributed by atoms with E-state index in [-0.39, 0.29) is 5.69 Å². The summed E-state index contributed by atoms with van der Waals surface area (Å²) < 4.78 is 2.42. The van der Waals surface area contributed by atoms with E-state index in [0.29, 0.717) is 10.8 Å². The van der Waals surface area contributed by atoms with Crippen molar-refractivity contribution in [3.63, 3.8) is 0 Å². The van der Waals surface area contributed by atoms with Crippen molar-refractivity contribution in [1.82, 2.24) is 14.8 Å². The van der Waals surface area contributed by atoms with Gasteiger partial charge >= 0.3 is 5.97 Å². The van der Waals surface area contributed by atoms with E-state index >= 15 is 0 Å². The topological polar surface area (TPSA) is 68.0 Å². The van der Waals surface area contributed by atoms with Gasteiger partial charge in [-0.1, -0.05) is 37.3 Å². The SMILES string of the molecule is CC.Cc1cc(C(=O)O)n(-c2nc3c(C)cccc3s2)n1. The maximum Gasteiger partial charge on any atom is 0.354 e. The molecule has 0 aliphatic heterocycles. The molecule has 0 unspecified atom stereocenters. The molecule has 0 amide bonds. The first kappa shape index (κ1) is 15.2. The fourth-order valence-electron chi connectivity index (χ4n) is 1.96. The summed E-state index contributed by atoms with van der Waals surface area (Å²) in [6.07, 6.45) is 0. The molecule has 0 saturated heterocycles. The van der Waals surface area contributed by atoms with Crippen molar-refractivity contribution in [1.29, 1.82) is 0 Å². The molecule has 0 spiro atoms. The number of carboxylic acid groups (broad SMARTS) is 1. The second-order valence-electron chi connectivity index (χ2n) is 4.31. The predicted molar refractivity (Wildman–Crippen MR) is 84.5 cm³/mol. The van der Waals surface area contributed by atoms with E-state index in [1.165, 1.54) is 16.0 Å². The van der Waals surface area contributed by atoms with E-state index in [0.717, 1.165) is 15.8 Å². The molecule has 21 heavy (non-hydrogen) atoms. The highest BCUT2D eigenvalue weighted by molar-refractivity contribution is 7.20. The summed E-state index contributed by atoms with van der Waals surface area (Å²) in [6.45, 7) is 7.75. The smallest absolute Gasteiger partial charge is 0.354 e. The van der Waals surface area contributed by atoms with Crippen LogP contribution in [-0.4, -0.2) is 25.8 Å². The van der Waals surface area contributed by atoms with Gasteiger partial charge in [-0.05, 0) is 31.5 Å². The van der Waals surface area contributed by atoms with E-state index in [1.54, 1.807) is 13.0 Å². The molecule has 0 aliphatic carbocycles. The third kappa shape index (κ3) is 2.80. The standard InChI is InChI=1S/C13H11N3O2S.C2H6/c1-7-4-3-5-10-11(7)14-13(19-10)16-9(12(17)18)6-8(2)15-16;1-2/h3-6H,1-2H3,(H,17,18);1-2H3. The number of benzene rings is 1. The molecule has 0 aliphatic rings. The lowest BCUT2D eigenvalue weighted by atomic mass is 10.2. The molecule has 1 N–H and O–H groups in total. The molecule has 3 rings (SSSR count). The molecule has 110 valence electrons. The van der Waals surface area contributed by atoms with Gasteiger partial charge in [0.15, 0.2) is 5.69 Å². The molecule has 0 radical (unpaired) electrons. The molecule has 2 aromatic heterocycles. The average molecular weight is 303 g/mol. The fourth-order valence-corrected chi connectivity index (χ4v) is 2.97. The Morgan fingerprint density at radius 2 is 2.00 bits per heavy atom. The van der Waals surface area contributed by atoms with Crippen LogP contribution in [0, 0.1) is 13.8 Å². The Balaban J connectivity index is 0.000000774. The van der Waals surface area contributed by atoms with Gasteiger partial charge in [0.25, 0.3) is 0 Å². The Bertz CT molecular complexity index is 789. The van der Waals surface area contributed by atoms with Gasteiger partial charge < -0.3 is 5.11 Å². The van der Waals surface area contributed by atoms with Crippen molar-refractivity contribution in [3.05, 3.63) is 41.2 Å². The van der Waals surface area contributed by atoms with Crippen LogP contribution in [0.15, 0.2) is 24.3 Å². The summed E-state index contributed by atoms with van der Waals surface area (Å²) in [7, 11) is 0. The van der Waals surface area contributed by atoms with Crippen LogP contribution in [0.5, 0.6) is 0 Å². The van der Waals surface area contributed by atoms with Crippen LogP contribution in [-0.2, 0) is 0 Å². The first-order chi connectivity index (χ1) is 10.1. The summed E-state index contributed by atoms with van der Waals surface area (Å²) in [5, 5.41) is 14.0. The number of aryl methyl sites for hydroxylation is 2. The van der Waals surface area contributed by atoms with Gasteiger partial charge in [0.2, 0.25) is 5.13 Å². The quantitative estimate of drug-likeness (QED) is 0.781. The van der Waals surface area contributed by atoms with Gasteiger partial charge in [0.1, 0.15) is 0 Å². The van der Waals surface area contributed by atoms with Crippen LogP contribution < -0.4 is 0 Å². The highest BCUT2D eigenvalue weighted by Gasteiger charge is 2.17. The Hall–Kier alpha value is -2.21. The summed E-state index contributed by atoms with van der Waals surface area (Å²) in [4.78, 5) is 15.7. The van der Waals surface area contributed by atoms with E-state index < -0.39 is 5.97 Å². The largest absolute Gasteiger partial charge is 0.477 e. The maximum atomic E-state index is 11.2. The van der Waals surface area contributed by atoms with Crippen molar-refractivity contribution in [2.75, 3.05) is 0 Å². The second kappa shape index (κ2) is 6.05. The highest BCUT2D eigenvalue weighted by Crippen LogP contribution is 2.27. The molecule has 0 atom stereocenters. The number of para-hydroxylation sites is 1. The Labute approximate surface area is 126 Å². The number of carboxylic acids is 1. The van der Waals surface area contributed by atoms with E-state index in [9.17, 15) is 9.90 Å². The third-order valence-electron chi connectivity index (χ3n) is 2.84. The predicted octanol–water partition coefficient (Wildman–Crippen LogP) is 3.82. The van der Waals surface area contributed by atoms with Crippen LogP contribution in [0.3, 0.4) is 0 Å². The first-order valence-electron chi connectivity index (χ1n) is 6.73. The van der Waals surface area contributed by atoms with Crippen molar-refractivity contribution < 1.29 is 9.90 Å². The lowest BCUT2D eigenvalue weighted by molar-refractivity contribution is 0.0687. The van der Waals surface area contributed by atoms with Gasteiger partial charge in [-0.25, -0.2) is 9.78 Å². The minimum atomic E-state index is -1.00. The summed E-state index contributed by atoms with van der Waals surface area (Å²) in [5.41, 5.74) is 2.76. The Kier molecular flexibility index (Phi) is 4.37. The number of hydrogen-bond donors (Lipinski definition) is 1. The molecule has 0 saturated carbocycles. The number of thiazole rings is 1. The fraction of sp³-hybridized carbons (Fsp3) is 0.267.